The molecule has 2 aromatic rings. The van der Waals surface area contributed by atoms with Gasteiger partial charge < -0.3 is 14.8 Å². The van der Waals surface area contributed by atoms with Crippen LogP contribution in [0.4, 0.5) is 0 Å². The third kappa shape index (κ3) is 3.80. The van der Waals surface area contributed by atoms with Gasteiger partial charge in [-0.2, -0.15) is 5.26 Å². The van der Waals surface area contributed by atoms with Crippen LogP contribution in [0.3, 0.4) is 0 Å². The number of rotatable bonds is 4. The smallest absolute Gasteiger partial charge is 0.161 e. The van der Waals surface area contributed by atoms with Gasteiger partial charge >= 0.3 is 0 Å². The van der Waals surface area contributed by atoms with E-state index in [4.69, 9.17) is 21.1 Å². The molecule has 158 valence electrons. The monoisotopic (exact) mass is 434 g/mol. The summed E-state index contributed by atoms with van der Waals surface area (Å²) in [4.78, 5) is 13.4. The van der Waals surface area contributed by atoms with Gasteiger partial charge in [0.15, 0.2) is 11.5 Å². The molecular formula is C25H23ClN2O3. The molecule has 0 radical (unpaired) electrons. The first-order chi connectivity index (χ1) is 15.0. The number of benzene rings is 2. The quantitative estimate of drug-likeness (QED) is 0.724. The van der Waals surface area contributed by atoms with E-state index >= 15 is 0 Å². The number of nitriles is 1. The Morgan fingerprint density at radius 2 is 1.71 bits per heavy atom. The highest BCUT2D eigenvalue weighted by Crippen LogP contribution is 2.47. The number of hydrogen-bond donors (Lipinski definition) is 1. The van der Waals surface area contributed by atoms with Gasteiger partial charge in [0.1, 0.15) is 5.78 Å². The van der Waals surface area contributed by atoms with E-state index in [-0.39, 0.29) is 17.6 Å². The molecule has 1 N–H and O–H groups in total. The van der Waals surface area contributed by atoms with E-state index in [0.717, 1.165) is 22.5 Å². The maximum absolute atomic E-state index is 13.4. The Hall–Kier alpha value is -3.23. The molecule has 0 spiro atoms. The summed E-state index contributed by atoms with van der Waals surface area (Å²) < 4.78 is 10.8. The van der Waals surface area contributed by atoms with Crippen molar-refractivity contribution in [2.24, 2.45) is 5.92 Å². The van der Waals surface area contributed by atoms with Crippen LogP contribution >= 0.6 is 11.6 Å². The fourth-order valence-electron chi connectivity index (χ4n) is 4.55. The lowest BCUT2D eigenvalue weighted by molar-refractivity contribution is -0.123. The van der Waals surface area contributed by atoms with Gasteiger partial charge in [-0.1, -0.05) is 35.9 Å². The van der Waals surface area contributed by atoms with Gasteiger partial charge in [0.05, 0.1) is 31.8 Å². The molecule has 3 unspecified atom stereocenters. The fraction of sp³-hybridized carbons (Fsp3) is 0.280. The fourth-order valence-corrected chi connectivity index (χ4v) is 4.67. The summed E-state index contributed by atoms with van der Waals surface area (Å²) >= 11 is 6.02. The first-order valence-electron chi connectivity index (χ1n) is 10.1. The third-order valence-corrected chi connectivity index (χ3v) is 6.30. The minimum atomic E-state index is -0.444. The van der Waals surface area contributed by atoms with Crippen LogP contribution in [0, 0.1) is 17.2 Å². The number of carbonyl (C=O) groups excluding carboxylic acids is 1. The minimum Gasteiger partial charge on any atom is -0.493 e. The van der Waals surface area contributed by atoms with Gasteiger partial charge in [-0.25, -0.2) is 0 Å². The van der Waals surface area contributed by atoms with Crippen LogP contribution in [0.15, 0.2) is 65.5 Å². The third-order valence-electron chi connectivity index (χ3n) is 6.05. The number of methoxy groups -OCH3 is 2. The van der Waals surface area contributed by atoms with Gasteiger partial charge in [-0.15, -0.1) is 0 Å². The van der Waals surface area contributed by atoms with E-state index in [2.05, 4.69) is 17.5 Å². The maximum atomic E-state index is 13.4. The molecule has 0 aromatic heterocycles. The highest BCUT2D eigenvalue weighted by Gasteiger charge is 2.43. The summed E-state index contributed by atoms with van der Waals surface area (Å²) in [7, 11) is 3.15. The molecule has 5 nitrogen and oxygen atoms in total. The van der Waals surface area contributed by atoms with Gasteiger partial charge in [-0.05, 0) is 42.3 Å². The average Bonchev–Trinajstić information content (AvgIpc) is 2.78. The van der Waals surface area contributed by atoms with E-state index < -0.39 is 5.92 Å². The molecule has 3 atom stereocenters. The van der Waals surface area contributed by atoms with Crippen molar-refractivity contribution < 1.29 is 14.3 Å². The lowest BCUT2D eigenvalue weighted by Crippen LogP contribution is -2.39. The number of nitrogens with one attached hydrogen (secondary N) is 1. The standard InChI is InChI=1S/C25H23ClN2O3/c1-14-19(13-27)24(16-6-9-22(30-2)23(12-16)31-3)25-20(28-14)10-17(11-21(25)29)15-4-7-18(26)8-5-15/h4-10,12,17,24-25,28H,11H2,1-3H3. The second-order valence-electron chi connectivity index (χ2n) is 7.80. The molecule has 0 amide bonds. The van der Waals surface area contributed by atoms with E-state index in [1.165, 1.54) is 0 Å². The van der Waals surface area contributed by atoms with Crippen molar-refractivity contribution in [2.45, 2.75) is 25.2 Å². The number of hydrogen-bond acceptors (Lipinski definition) is 5. The van der Waals surface area contributed by atoms with Gasteiger partial charge in [0, 0.05) is 34.7 Å². The zero-order chi connectivity index (χ0) is 22.1. The number of ketones is 1. The molecule has 0 fully saturated rings. The molecule has 2 aliphatic rings. The molecule has 0 saturated carbocycles. The highest BCUT2D eigenvalue weighted by atomic mass is 35.5. The van der Waals surface area contributed by atoms with E-state index in [0.29, 0.717) is 28.5 Å². The summed E-state index contributed by atoms with van der Waals surface area (Å²) in [6.45, 7) is 1.87. The zero-order valence-corrected chi connectivity index (χ0v) is 18.4. The van der Waals surface area contributed by atoms with Crippen molar-refractivity contribution in [1.29, 1.82) is 5.26 Å². The Balaban J connectivity index is 1.80. The Morgan fingerprint density at radius 3 is 2.35 bits per heavy atom. The van der Waals surface area contributed by atoms with Crippen LogP contribution in [0.2, 0.25) is 5.02 Å². The Kier molecular flexibility index (Phi) is 5.75. The Morgan fingerprint density at radius 1 is 1.03 bits per heavy atom. The molecule has 0 bridgehead atoms. The van der Waals surface area contributed by atoms with Crippen LogP contribution in [-0.4, -0.2) is 20.0 Å². The molecule has 1 aliphatic heterocycles. The first-order valence-corrected chi connectivity index (χ1v) is 10.4. The van der Waals surface area contributed by atoms with Crippen LogP contribution in [0.5, 0.6) is 11.5 Å². The number of Topliss-reactive ketones (excluding diaryl/α,β-unsaturated/α-hetero) is 1. The lowest BCUT2D eigenvalue weighted by Gasteiger charge is -2.38. The molecule has 2 aromatic carbocycles. The molecule has 6 heteroatoms. The number of fused-ring (bicyclic) bond motifs is 1. The minimum absolute atomic E-state index is 0.0361. The number of nitrogens with zero attached hydrogens (tertiary/aromatic N) is 1. The van der Waals surface area contributed by atoms with E-state index in [1.54, 1.807) is 14.2 Å². The summed E-state index contributed by atoms with van der Waals surface area (Å²) in [6, 6.07) is 15.5. The van der Waals surface area contributed by atoms with Crippen LogP contribution < -0.4 is 14.8 Å². The normalized spacial score (nSPS) is 22.7. The van der Waals surface area contributed by atoms with Gasteiger partial charge in [0.2, 0.25) is 0 Å². The first kappa shape index (κ1) is 21.0. The molecule has 0 saturated heterocycles. The molecule has 1 aliphatic carbocycles. The van der Waals surface area contributed by atoms with E-state index in [9.17, 15) is 10.1 Å². The number of halogens is 1. The van der Waals surface area contributed by atoms with Gasteiger partial charge in [0.25, 0.3) is 0 Å². The maximum Gasteiger partial charge on any atom is 0.161 e. The zero-order valence-electron chi connectivity index (χ0n) is 17.6. The Labute approximate surface area is 186 Å². The van der Waals surface area contributed by atoms with Crippen molar-refractivity contribution in [1.82, 2.24) is 5.32 Å². The van der Waals surface area contributed by atoms with Crippen LogP contribution in [-0.2, 0) is 4.79 Å². The highest BCUT2D eigenvalue weighted by molar-refractivity contribution is 6.30. The molecule has 1 heterocycles. The summed E-state index contributed by atoms with van der Waals surface area (Å²) in [6.07, 6.45) is 2.49. The number of carbonyl (C=O) groups is 1. The Bertz CT molecular complexity index is 1130. The summed E-state index contributed by atoms with van der Waals surface area (Å²) in [5, 5.41) is 13.9. The number of allylic oxidation sites excluding steroid dienone is 4. The second kappa shape index (κ2) is 8.49. The largest absolute Gasteiger partial charge is 0.493 e. The second-order valence-corrected chi connectivity index (χ2v) is 8.23. The topological polar surface area (TPSA) is 71.3 Å². The van der Waals surface area contributed by atoms with Crippen LogP contribution in [0.25, 0.3) is 0 Å². The molecular weight excluding hydrogens is 412 g/mol. The predicted octanol–water partition coefficient (Wildman–Crippen LogP) is 5.10. The summed E-state index contributed by atoms with van der Waals surface area (Å²) in [5.74, 6) is 0.418. The molecule has 4 rings (SSSR count). The van der Waals surface area contributed by atoms with Crippen LogP contribution in [0.1, 0.15) is 36.3 Å². The summed E-state index contributed by atoms with van der Waals surface area (Å²) in [5.41, 5.74) is 4.06. The van der Waals surface area contributed by atoms with E-state index in [1.807, 2.05) is 49.4 Å². The van der Waals surface area contributed by atoms with Crippen molar-refractivity contribution >= 4 is 17.4 Å². The lowest BCUT2D eigenvalue weighted by atomic mass is 9.69. The SMILES string of the molecule is COc1ccc(C2C(C#N)=C(C)NC3=CC(c4ccc(Cl)cc4)CC(=O)C32)cc1OC. The average molecular weight is 435 g/mol. The number of ether oxygens (including phenoxy) is 2. The van der Waals surface area contributed by atoms with Crippen molar-refractivity contribution in [3.63, 3.8) is 0 Å². The van der Waals surface area contributed by atoms with Crippen molar-refractivity contribution in [2.75, 3.05) is 14.2 Å². The predicted molar refractivity (Wildman–Crippen MR) is 119 cm³/mol. The van der Waals surface area contributed by atoms with Crippen molar-refractivity contribution in [3.05, 3.63) is 81.7 Å². The molecule has 31 heavy (non-hydrogen) atoms. The van der Waals surface area contributed by atoms with Gasteiger partial charge in [-0.3, -0.25) is 4.79 Å². The van der Waals surface area contributed by atoms with Crippen molar-refractivity contribution in [3.8, 4) is 17.6 Å².